The van der Waals surface area contributed by atoms with E-state index in [1.165, 1.54) is 4.31 Å². The quantitative estimate of drug-likeness (QED) is 0.157. The zero-order valence-electron chi connectivity index (χ0n) is 22.7. The van der Waals surface area contributed by atoms with Gasteiger partial charge < -0.3 is 14.8 Å². The number of rotatable bonds is 9. The molecule has 2 unspecified atom stereocenters. The molecule has 0 spiro atoms. The highest BCUT2D eigenvalue weighted by Gasteiger charge is 2.21. The molecule has 41 heavy (non-hydrogen) atoms. The van der Waals surface area contributed by atoms with Crippen LogP contribution in [0.4, 0.5) is 11.4 Å². The number of fused-ring (bicyclic) bond motifs is 1. The second-order valence-electron chi connectivity index (χ2n) is 10.4. The molecule has 0 saturated heterocycles. The summed E-state index contributed by atoms with van der Waals surface area (Å²) in [5.74, 6) is 5.65. The molecular formula is C32H30N2O6S. The van der Waals surface area contributed by atoms with Crippen LogP contribution in [0.25, 0.3) is 22.1 Å². The number of hydrogen-bond donors (Lipinski definition) is 3. The molecular weight excluding hydrogens is 540 g/mol. The van der Waals surface area contributed by atoms with E-state index in [1.54, 1.807) is 31.2 Å². The smallest absolute Gasteiger partial charge is 0.303 e. The molecule has 1 aliphatic rings. The zero-order valence-corrected chi connectivity index (χ0v) is 23.5. The lowest BCUT2D eigenvalue weighted by atomic mass is 10.0. The number of anilines is 2. The SMILES string of the molecule is Cc1c(C(=O)Nc2ccc(-c3ccc(N(CC(C)CC(=O)O)S(=O)O)cc3)cc2)oc2cccc(C#CC3CC3)c12. The summed E-state index contributed by atoms with van der Waals surface area (Å²) >= 11 is -2.29. The molecule has 8 nitrogen and oxygen atoms in total. The van der Waals surface area contributed by atoms with Gasteiger partial charge in [0, 0.05) is 41.1 Å². The second-order valence-corrected chi connectivity index (χ2v) is 11.3. The first kappa shape index (κ1) is 28.1. The van der Waals surface area contributed by atoms with Crippen LogP contribution in [0.1, 0.15) is 47.9 Å². The lowest BCUT2D eigenvalue weighted by Crippen LogP contribution is -2.31. The molecule has 4 aromatic rings. The fourth-order valence-corrected chi connectivity index (χ4v) is 5.37. The number of carboxylic acids is 1. The first-order valence-electron chi connectivity index (χ1n) is 13.4. The summed E-state index contributed by atoms with van der Waals surface area (Å²) in [5, 5.41) is 12.8. The Hall–Kier alpha value is -4.39. The minimum atomic E-state index is -2.29. The van der Waals surface area contributed by atoms with Gasteiger partial charge in [-0.05, 0) is 73.2 Å². The highest BCUT2D eigenvalue weighted by atomic mass is 32.2. The number of benzene rings is 3. The maximum atomic E-state index is 13.1. The van der Waals surface area contributed by atoms with Gasteiger partial charge in [0.15, 0.2) is 5.76 Å². The molecule has 5 rings (SSSR count). The summed E-state index contributed by atoms with van der Waals surface area (Å²) in [6.07, 6.45) is 2.19. The lowest BCUT2D eigenvalue weighted by Gasteiger charge is -2.23. The van der Waals surface area contributed by atoms with Gasteiger partial charge in [-0.2, -0.15) is 0 Å². The summed E-state index contributed by atoms with van der Waals surface area (Å²) in [4.78, 5) is 24.1. The van der Waals surface area contributed by atoms with Crippen molar-refractivity contribution in [2.45, 2.75) is 33.1 Å². The standard InChI is InChI=1S/C32H30N2O6S/c1-20(18-29(35)36)19-34(41(38)39)27-16-12-24(13-17-27)23-10-14-26(15-11-23)33-32(37)31-21(2)30-25(9-8-22-6-7-22)4-3-5-28(30)40-31/h3-5,10-17,20,22H,6-7,18-19H2,1-2H3,(H,33,37)(H,35,36)(H,38,39). The van der Waals surface area contributed by atoms with E-state index in [2.05, 4.69) is 17.2 Å². The monoisotopic (exact) mass is 570 g/mol. The Morgan fingerprint density at radius 3 is 2.34 bits per heavy atom. The van der Waals surface area contributed by atoms with E-state index in [0.29, 0.717) is 22.9 Å². The summed E-state index contributed by atoms with van der Waals surface area (Å²) in [6.45, 7) is 3.72. The normalized spacial score (nSPS) is 14.1. The van der Waals surface area contributed by atoms with Crippen LogP contribution >= 0.6 is 0 Å². The van der Waals surface area contributed by atoms with Gasteiger partial charge in [0.1, 0.15) is 5.58 Å². The Morgan fingerprint density at radius 2 is 1.73 bits per heavy atom. The molecule has 1 aromatic heterocycles. The van der Waals surface area contributed by atoms with E-state index in [0.717, 1.165) is 40.5 Å². The third-order valence-corrected chi connectivity index (χ3v) is 7.71. The van der Waals surface area contributed by atoms with Crippen molar-refractivity contribution in [3.05, 3.63) is 83.6 Å². The van der Waals surface area contributed by atoms with Crippen LogP contribution in [0.2, 0.25) is 0 Å². The van der Waals surface area contributed by atoms with Crippen molar-refractivity contribution in [3.8, 4) is 23.0 Å². The van der Waals surface area contributed by atoms with Crippen LogP contribution in [0.3, 0.4) is 0 Å². The molecule has 1 fully saturated rings. The number of aliphatic carboxylic acids is 1. The van der Waals surface area contributed by atoms with Gasteiger partial charge in [0.05, 0.1) is 5.69 Å². The fourth-order valence-electron chi connectivity index (χ4n) is 4.69. The van der Waals surface area contributed by atoms with E-state index in [9.17, 15) is 18.4 Å². The van der Waals surface area contributed by atoms with E-state index in [1.807, 2.05) is 49.4 Å². The second kappa shape index (κ2) is 12.0. The number of carbonyl (C=O) groups is 2. The zero-order chi connectivity index (χ0) is 29.1. The fraction of sp³-hybridized carbons (Fsp3) is 0.250. The Morgan fingerprint density at radius 1 is 1.07 bits per heavy atom. The summed E-state index contributed by atoms with van der Waals surface area (Å²) in [5.41, 5.74) is 5.15. The van der Waals surface area contributed by atoms with E-state index < -0.39 is 17.2 Å². The molecule has 0 radical (unpaired) electrons. The number of carboxylic acid groups (broad SMARTS) is 1. The number of carbonyl (C=O) groups excluding carboxylic acids is 1. The number of aryl methyl sites for hydroxylation is 1. The van der Waals surface area contributed by atoms with E-state index >= 15 is 0 Å². The van der Waals surface area contributed by atoms with Crippen molar-refractivity contribution >= 4 is 45.5 Å². The predicted molar refractivity (Wildman–Crippen MR) is 160 cm³/mol. The van der Waals surface area contributed by atoms with Crippen molar-refractivity contribution in [2.75, 3.05) is 16.2 Å². The number of amides is 1. The van der Waals surface area contributed by atoms with Crippen molar-refractivity contribution < 1.29 is 27.9 Å². The Balaban J connectivity index is 1.28. The maximum Gasteiger partial charge on any atom is 0.303 e. The number of furan rings is 1. The van der Waals surface area contributed by atoms with Gasteiger partial charge in [-0.25, -0.2) is 4.21 Å². The molecule has 9 heteroatoms. The van der Waals surface area contributed by atoms with Gasteiger partial charge in [-0.15, -0.1) is 0 Å². The highest BCUT2D eigenvalue weighted by Crippen LogP contribution is 2.31. The average Bonchev–Trinajstić information content (AvgIpc) is 3.71. The largest absolute Gasteiger partial charge is 0.481 e. The van der Waals surface area contributed by atoms with Crippen molar-refractivity contribution in [3.63, 3.8) is 0 Å². The van der Waals surface area contributed by atoms with E-state index in [4.69, 9.17) is 9.52 Å². The topological polar surface area (TPSA) is 120 Å². The first-order chi connectivity index (χ1) is 19.7. The summed E-state index contributed by atoms with van der Waals surface area (Å²) < 4.78 is 28.8. The Labute approximate surface area is 240 Å². The number of nitrogens with zero attached hydrogens (tertiary/aromatic N) is 1. The number of nitrogens with one attached hydrogen (secondary N) is 1. The Kier molecular flexibility index (Phi) is 8.24. The lowest BCUT2D eigenvalue weighted by molar-refractivity contribution is -0.137. The van der Waals surface area contributed by atoms with Crippen LogP contribution < -0.4 is 9.62 Å². The Bertz CT molecular complexity index is 1680. The molecule has 0 bridgehead atoms. The number of hydrogen-bond acceptors (Lipinski definition) is 4. The third-order valence-electron chi connectivity index (χ3n) is 6.97. The van der Waals surface area contributed by atoms with Gasteiger partial charge in [-0.3, -0.25) is 18.4 Å². The van der Waals surface area contributed by atoms with Crippen LogP contribution in [-0.2, 0) is 16.1 Å². The molecule has 1 heterocycles. The van der Waals surface area contributed by atoms with Crippen molar-refractivity contribution in [1.29, 1.82) is 0 Å². The van der Waals surface area contributed by atoms with E-state index in [-0.39, 0.29) is 30.6 Å². The highest BCUT2D eigenvalue weighted by molar-refractivity contribution is 7.80. The summed E-state index contributed by atoms with van der Waals surface area (Å²) in [7, 11) is 0. The van der Waals surface area contributed by atoms with Crippen LogP contribution in [0.15, 0.2) is 71.1 Å². The molecule has 0 aliphatic heterocycles. The summed E-state index contributed by atoms with van der Waals surface area (Å²) in [6, 6.07) is 20.1. The molecule has 3 aromatic carbocycles. The first-order valence-corrected chi connectivity index (χ1v) is 14.4. The van der Waals surface area contributed by atoms with Crippen molar-refractivity contribution in [2.24, 2.45) is 11.8 Å². The van der Waals surface area contributed by atoms with Gasteiger partial charge in [0.2, 0.25) is 0 Å². The maximum absolute atomic E-state index is 13.1. The third kappa shape index (κ3) is 6.68. The average molecular weight is 571 g/mol. The molecule has 1 aliphatic carbocycles. The van der Waals surface area contributed by atoms with Gasteiger partial charge >= 0.3 is 5.97 Å². The van der Waals surface area contributed by atoms with Crippen LogP contribution in [0.5, 0.6) is 0 Å². The van der Waals surface area contributed by atoms with Crippen LogP contribution in [0, 0.1) is 30.6 Å². The van der Waals surface area contributed by atoms with Crippen molar-refractivity contribution in [1.82, 2.24) is 0 Å². The minimum absolute atomic E-state index is 0.0965. The molecule has 1 amide bonds. The van der Waals surface area contributed by atoms with Gasteiger partial charge in [0.25, 0.3) is 17.2 Å². The molecule has 210 valence electrons. The molecule has 2 atom stereocenters. The predicted octanol–water partition coefficient (Wildman–Crippen LogP) is 6.48. The molecule has 3 N–H and O–H groups in total. The minimum Gasteiger partial charge on any atom is -0.481 e. The van der Waals surface area contributed by atoms with Crippen LogP contribution in [-0.4, -0.2) is 32.3 Å². The molecule has 1 saturated carbocycles. The van der Waals surface area contributed by atoms with Gasteiger partial charge in [-0.1, -0.05) is 49.1 Å².